The molecule has 0 aromatic heterocycles. The van der Waals surface area contributed by atoms with E-state index in [-0.39, 0.29) is 16.3 Å². The second kappa shape index (κ2) is 6.01. The SMILES string of the molecule is C#CC(CC)Nc1ccc(OC(F)(F)F)c(Br)c1. The highest BCUT2D eigenvalue weighted by Crippen LogP contribution is 2.32. The molecule has 1 N–H and O–H groups in total. The number of ether oxygens (including phenoxy) is 1. The third-order valence-corrected chi connectivity index (χ3v) is 2.73. The predicted molar refractivity (Wildman–Crippen MR) is 67.4 cm³/mol. The van der Waals surface area contributed by atoms with E-state index < -0.39 is 6.36 Å². The quantitative estimate of drug-likeness (QED) is 0.840. The molecule has 0 aliphatic carbocycles. The van der Waals surface area contributed by atoms with Crippen LogP contribution in [0.15, 0.2) is 22.7 Å². The Morgan fingerprint density at radius 3 is 2.61 bits per heavy atom. The van der Waals surface area contributed by atoms with Crippen molar-refractivity contribution in [1.82, 2.24) is 0 Å². The number of hydrogen-bond donors (Lipinski definition) is 1. The molecular formula is C12H11BrF3NO. The summed E-state index contributed by atoms with van der Waals surface area (Å²) in [5, 5.41) is 3.01. The lowest BCUT2D eigenvalue weighted by Gasteiger charge is -2.15. The Labute approximate surface area is 112 Å². The van der Waals surface area contributed by atoms with Gasteiger partial charge in [0.05, 0.1) is 10.5 Å². The molecule has 2 nitrogen and oxygen atoms in total. The molecule has 6 heteroatoms. The van der Waals surface area contributed by atoms with Gasteiger partial charge in [0.25, 0.3) is 0 Å². The van der Waals surface area contributed by atoms with Gasteiger partial charge in [0.15, 0.2) is 0 Å². The molecule has 0 saturated carbocycles. The van der Waals surface area contributed by atoms with Gasteiger partial charge in [-0.2, -0.15) is 0 Å². The fraction of sp³-hybridized carbons (Fsp3) is 0.333. The molecule has 1 atom stereocenters. The van der Waals surface area contributed by atoms with E-state index in [1.165, 1.54) is 18.2 Å². The zero-order valence-electron chi connectivity index (χ0n) is 9.51. The summed E-state index contributed by atoms with van der Waals surface area (Å²) in [5.41, 5.74) is 0.626. The van der Waals surface area contributed by atoms with Crippen molar-refractivity contribution in [2.24, 2.45) is 0 Å². The average Bonchev–Trinajstić information content (AvgIpc) is 2.28. The summed E-state index contributed by atoms with van der Waals surface area (Å²) in [4.78, 5) is 0. The van der Waals surface area contributed by atoms with Crippen molar-refractivity contribution in [3.05, 3.63) is 22.7 Å². The van der Waals surface area contributed by atoms with Crippen LogP contribution in [0, 0.1) is 12.3 Å². The van der Waals surface area contributed by atoms with Crippen molar-refractivity contribution in [2.75, 3.05) is 5.32 Å². The Hall–Kier alpha value is -1.35. The Kier molecular flexibility index (Phi) is 4.91. The first kappa shape index (κ1) is 14.7. The van der Waals surface area contributed by atoms with Crippen molar-refractivity contribution >= 4 is 21.6 Å². The summed E-state index contributed by atoms with van der Waals surface area (Å²) >= 11 is 3.02. The average molecular weight is 322 g/mol. The van der Waals surface area contributed by atoms with Gasteiger partial charge >= 0.3 is 6.36 Å². The van der Waals surface area contributed by atoms with E-state index in [9.17, 15) is 13.2 Å². The van der Waals surface area contributed by atoms with Gasteiger partial charge in [-0.1, -0.05) is 12.8 Å². The number of alkyl halides is 3. The van der Waals surface area contributed by atoms with Crippen LogP contribution in [0.3, 0.4) is 0 Å². The van der Waals surface area contributed by atoms with E-state index >= 15 is 0 Å². The van der Waals surface area contributed by atoms with E-state index in [0.29, 0.717) is 5.69 Å². The van der Waals surface area contributed by atoms with E-state index in [4.69, 9.17) is 6.42 Å². The summed E-state index contributed by atoms with van der Waals surface area (Å²) < 4.78 is 40.2. The molecular weight excluding hydrogens is 311 g/mol. The standard InChI is InChI=1S/C12H11BrF3NO/c1-3-8(4-2)17-9-5-6-11(10(13)7-9)18-12(14,15)16/h1,5-8,17H,4H2,2H3. The molecule has 0 heterocycles. The number of halogens is 4. The van der Waals surface area contributed by atoms with Crippen molar-refractivity contribution in [1.29, 1.82) is 0 Å². The van der Waals surface area contributed by atoms with Crippen LogP contribution < -0.4 is 10.1 Å². The van der Waals surface area contributed by atoms with Crippen LogP contribution in [0.2, 0.25) is 0 Å². The van der Waals surface area contributed by atoms with Gasteiger partial charge in [0, 0.05) is 5.69 Å². The molecule has 0 fully saturated rings. The predicted octanol–water partition coefficient (Wildman–Crippen LogP) is 4.17. The van der Waals surface area contributed by atoms with E-state index in [0.717, 1.165) is 6.42 Å². The van der Waals surface area contributed by atoms with E-state index in [1.54, 1.807) is 0 Å². The molecule has 1 aromatic carbocycles. The molecule has 1 unspecified atom stereocenters. The van der Waals surface area contributed by atoms with Gasteiger partial charge in [-0.3, -0.25) is 0 Å². The second-order valence-electron chi connectivity index (χ2n) is 3.46. The topological polar surface area (TPSA) is 21.3 Å². The summed E-state index contributed by atoms with van der Waals surface area (Å²) in [6.45, 7) is 1.91. The van der Waals surface area contributed by atoms with Crippen LogP contribution in [0.1, 0.15) is 13.3 Å². The number of rotatable bonds is 4. The minimum Gasteiger partial charge on any atom is -0.405 e. The van der Waals surface area contributed by atoms with E-state index in [1.807, 2.05) is 6.92 Å². The molecule has 18 heavy (non-hydrogen) atoms. The zero-order valence-corrected chi connectivity index (χ0v) is 11.1. The maximum Gasteiger partial charge on any atom is 0.573 e. The number of anilines is 1. The molecule has 0 saturated heterocycles. The first-order chi connectivity index (χ1) is 8.35. The van der Waals surface area contributed by atoms with Gasteiger partial charge < -0.3 is 10.1 Å². The van der Waals surface area contributed by atoms with Crippen molar-refractivity contribution in [3.63, 3.8) is 0 Å². The molecule has 98 valence electrons. The number of benzene rings is 1. The lowest BCUT2D eigenvalue weighted by atomic mass is 10.2. The van der Waals surface area contributed by atoms with Gasteiger partial charge in [-0.25, -0.2) is 0 Å². The maximum absolute atomic E-state index is 12.1. The normalized spacial score (nSPS) is 12.7. The van der Waals surface area contributed by atoms with Crippen LogP contribution in [-0.4, -0.2) is 12.4 Å². The molecule has 1 rings (SSSR count). The van der Waals surface area contributed by atoms with Crippen LogP contribution >= 0.6 is 15.9 Å². The highest BCUT2D eigenvalue weighted by Gasteiger charge is 2.31. The summed E-state index contributed by atoms with van der Waals surface area (Å²) in [6, 6.07) is 4.03. The Bertz CT molecular complexity index is 454. The van der Waals surface area contributed by atoms with Crippen LogP contribution in [-0.2, 0) is 0 Å². The van der Waals surface area contributed by atoms with Crippen molar-refractivity contribution < 1.29 is 17.9 Å². The number of nitrogens with one attached hydrogen (secondary N) is 1. The lowest BCUT2D eigenvalue weighted by molar-refractivity contribution is -0.274. The van der Waals surface area contributed by atoms with Crippen molar-refractivity contribution in [3.8, 4) is 18.1 Å². The molecule has 0 aliphatic heterocycles. The Morgan fingerprint density at radius 2 is 2.17 bits per heavy atom. The molecule has 0 aliphatic rings. The second-order valence-corrected chi connectivity index (χ2v) is 4.32. The molecule has 0 spiro atoms. The third-order valence-electron chi connectivity index (χ3n) is 2.11. The lowest BCUT2D eigenvalue weighted by Crippen LogP contribution is -2.18. The van der Waals surface area contributed by atoms with Gasteiger partial charge in [0.1, 0.15) is 5.75 Å². The van der Waals surface area contributed by atoms with Crippen LogP contribution in [0.25, 0.3) is 0 Å². The largest absolute Gasteiger partial charge is 0.573 e. The van der Waals surface area contributed by atoms with Crippen LogP contribution in [0.4, 0.5) is 18.9 Å². The molecule has 0 radical (unpaired) electrons. The minimum absolute atomic E-state index is 0.161. The van der Waals surface area contributed by atoms with Crippen molar-refractivity contribution in [2.45, 2.75) is 25.7 Å². The van der Waals surface area contributed by atoms with Crippen LogP contribution in [0.5, 0.6) is 5.75 Å². The minimum atomic E-state index is -4.71. The third kappa shape index (κ3) is 4.49. The van der Waals surface area contributed by atoms with Gasteiger partial charge in [0.2, 0.25) is 0 Å². The van der Waals surface area contributed by atoms with Gasteiger partial charge in [-0.15, -0.1) is 19.6 Å². The summed E-state index contributed by atoms with van der Waals surface area (Å²) in [6.07, 6.45) is 1.30. The highest BCUT2D eigenvalue weighted by molar-refractivity contribution is 9.10. The monoisotopic (exact) mass is 321 g/mol. The fourth-order valence-corrected chi connectivity index (χ4v) is 1.72. The number of hydrogen-bond acceptors (Lipinski definition) is 2. The first-order valence-corrected chi connectivity index (χ1v) is 5.93. The molecule has 0 bridgehead atoms. The Balaban J connectivity index is 2.83. The highest BCUT2D eigenvalue weighted by atomic mass is 79.9. The zero-order chi connectivity index (χ0) is 13.8. The summed E-state index contributed by atoms with van der Waals surface area (Å²) in [7, 11) is 0. The Morgan fingerprint density at radius 1 is 1.50 bits per heavy atom. The molecule has 1 aromatic rings. The van der Waals surface area contributed by atoms with Gasteiger partial charge in [-0.05, 0) is 40.5 Å². The fourth-order valence-electron chi connectivity index (χ4n) is 1.26. The first-order valence-electron chi connectivity index (χ1n) is 5.13. The maximum atomic E-state index is 12.1. The van der Waals surface area contributed by atoms with E-state index in [2.05, 4.69) is 31.9 Å². The molecule has 0 amide bonds. The smallest absolute Gasteiger partial charge is 0.405 e. The number of terminal acetylenes is 1. The summed E-state index contributed by atoms with van der Waals surface area (Å²) in [5.74, 6) is 2.24.